The zero-order valence-corrected chi connectivity index (χ0v) is 11.5. The summed E-state index contributed by atoms with van der Waals surface area (Å²) in [5, 5.41) is 2.85. The van der Waals surface area contributed by atoms with Crippen LogP contribution in [-0.2, 0) is 0 Å². The normalized spacial score (nSPS) is 12.6. The molecule has 1 aromatic rings. The van der Waals surface area contributed by atoms with E-state index in [1.807, 2.05) is 27.7 Å². The molecule has 100 valence electrons. The largest absolute Gasteiger partial charge is 0.352 e. The van der Waals surface area contributed by atoms with Crippen molar-refractivity contribution in [2.45, 2.75) is 46.1 Å². The lowest BCUT2D eigenvalue weighted by Gasteiger charge is -2.12. The van der Waals surface area contributed by atoms with E-state index in [0.717, 1.165) is 12.1 Å². The summed E-state index contributed by atoms with van der Waals surface area (Å²) in [5.41, 5.74) is 6.99. The first-order valence-electron chi connectivity index (χ1n) is 6.29. The quantitative estimate of drug-likeness (QED) is 0.827. The first-order chi connectivity index (χ1) is 8.41. The van der Waals surface area contributed by atoms with Gasteiger partial charge in [-0.15, -0.1) is 0 Å². The molecule has 0 bridgehead atoms. The molecule has 0 aliphatic heterocycles. The first-order valence-corrected chi connectivity index (χ1v) is 6.29. The summed E-state index contributed by atoms with van der Waals surface area (Å²) in [6.07, 6.45) is 2.36. The van der Waals surface area contributed by atoms with Gasteiger partial charge in [0.05, 0.1) is 11.3 Å². The number of nitrogens with two attached hydrogens (primary N) is 1. The Balaban J connectivity index is 2.79. The number of hydrogen-bond donors (Lipinski definition) is 2. The minimum atomic E-state index is -0.126. The van der Waals surface area contributed by atoms with Crippen molar-refractivity contribution in [2.75, 3.05) is 6.54 Å². The maximum absolute atomic E-state index is 12.0. The van der Waals surface area contributed by atoms with Crippen LogP contribution >= 0.6 is 0 Å². The van der Waals surface area contributed by atoms with Crippen molar-refractivity contribution in [1.82, 2.24) is 15.3 Å². The summed E-state index contributed by atoms with van der Waals surface area (Å²) in [7, 11) is 0. The lowest BCUT2D eigenvalue weighted by molar-refractivity contribution is 0.0950. The van der Waals surface area contributed by atoms with Gasteiger partial charge >= 0.3 is 0 Å². The van der Waals surface area contributed by atoms with Crippen LogP contribution in [-0.4, -0.2) is 28.5 Å². The van der Waals surface area contributed by atoms with Crippen molar-refractivity contribution in [3.05, 3.63) is 23.3 Å². The fourth-order valence-electron chi connectivity index (χ4n) is 1.61. The van der Waals surface area contributed by atoms with Crippen LogP contribution < -0.4 is 11.1 Å². The van der Waals surface area contributed by atoms with Crippen molar-refractivity contribution in [3.8, 4) is 0 Å². The highest BCUT2D eigenvalue weighted by molar-refractivity contribution is 5.95. The van der Waals surface area contributed by atoms with Crippen LogP contribution in [0.1, 0.15) is 55.0 Å². The average molecular weight is 250 g/mol. The van der Waals surface area contributed by atoms with E-state index in [1.165, 1.54) is 0 Å². The van der Waals surface area contributed by atoms with Crippen molar-refractivity contribution >= 4 is 5.91 Å². The molecule has 1 aromatic heterocycles. The number of aryl methyl sites for hydroxylation is 1. The summed E-state index contributed by atoms with van der Waals surface area (Å²) < 4.78 is 0. The smallest absolute Gasteiger partial charge is 0.254 e. The fourth-order valence-corrected chi connectivity index (χ4v) is 1.61. The molecular weight excluding hydrogens is 228 g/mol. The summed E-state index contributed by atoms with van der Waals surface area (Å²) in [5.74, 6) is 0.756. The third kappa shape index (κ3) is 4.07. The van der Waals surface area contributed by atoms with E-state index < -0.39 is 0 Å². The van der Waals surface area contributed by atoms with Gasteiger partial charge in [-0.25, -0.2) is 9.97 Å². The number of nitrogens with zero attached hydrogens (tertiary/aromatic N) is 2. The zero-order valence-electron chi connectivity index (χ0n) is 11.5. The predicted molar refractivity (Wildman–Crippen MR) is 71.5 cm³/mol. The number of hydrogen-bond acceptors (Lipinski definition) is 4. The Morgan fingerprint density at radius 1 is 1.44 bits per heavy atom. The molecule has 5 heteroatoms. The molecule has 18 heavy (non-hydrogen) atoms. The van der Waals surface area contributed by atoms with Gasteiger partial charge in [-0.3, -0.25) is 4.79 Å². The Labute approximate surface area is 108 Å². The van der Waals surface area contributed by atoms with E-state index >= 15 is 0 Å². The topological polar surface area (TPSA) is 80.9 Å². The monoisotopic (exact) mass is 250 g/mol. The van der Waals surface area contributed by atoms with Crippen LogP contribution in [0.15, 0.2) is 6.20 Å². The molecule has 3 N–H and O–H groups in total. The maximum Gasteiger partial charge on any atom is 0.254 e. The SMILES string of the molecule is Cc1ncc(C(=O)NCCC(C)N)c(C(C)C)n1. The highest BCUT2D eigenvalue weighted by atomic mass is 16.1. The van der Waals surface area contributed by atoms with Crippen molar-refractivity contribution in [2.24, 2.45) is 5.73 Å². The molecule has 0 saturated carbocycles. The van der Waals surface area contributed by atoms with Crippen molar-refractivity contribution in [3.63, 3.8) is 0 Å². The van der Waals surface area contributed by atoms with Crippen LogP contribution in [0, 0.1) is 6.92 Å². The maximum atomic E-state index is 12.0. The van der Waals surface area contributed by atoms with Gasteiger partial charge in [-0.2, -0.15) is 0 Å². The molecule has 1 heterocycles. The molecule has 0 spiro atoms. The van der Waals surface area contributed by atoms with Gasteiger partial charge in [0, 0.05) is 18.8 Å². The Kier molecular flexibility index (Phi) is 5.22. The van der Waals surface area contributed by atoms with E-state index in [1.54, 1.807) is 6.20 Å². The second-order valence-corrected chi connectivity index (χ2v) is 4.89. The summed E-state index contributed by atoms with van der Waals surface area (Å²) in [6, 6.07) is 0.0872. The van der Waals surface area contributed by atoms with Gasteiger partial charge < -0.3 is 11.1 Å². The van der Waals surface area contributed by atoms with Gasteiger partial charge in [0.2, 0.25) is 0 Å². The van der Waals surface area contributed by atoms with Gasteiger partial charge in [0.15, 0.2) is 0 Å². The average Bonchev–Trinajstić information content (AvgIpc) is 2.28. The fraction of sp³-hybridized carbons (Fsp3) is 0.615. The molecule has 0 aliphatic carbocycles. The third-order valence-electron chi connectivity index (χ3n) is 2.62. The number of carbonyl (C=O) groups excluding carboxylic acids is 1. The van der Waals surface area contributed by atoms with Crippen LogP contribution in [0.3, 0.4) is 0 Å². The first kappa shape index (κ1) is 14.6. The summed E-state index contributed by atoms with van der Waals surface area (Å²) in [6.45, 7) is 8.34. The number of carbonyl (C=O) groups is 1. The van der Waals surface area contributed by atoms with E-state index in [-0.39, 0.29) is 17.9 Å². The van der Waals surface area contributed by atoms with Gasteiger partial charge in [0.1, 0.15) is 5.82 Å². The minimum absolute atomic E-state index is 0.0872. The Bertz CT molecular complexity index is 415. The molecule has 0 aliphatic rings. The molecule has 0 radical (unpaired) electrons. The molecule has 0 saturated heterocycles. The Morgan fingerprint density at radius 2 is 2.11 bits per heavy atom. The van der Waals surface area contributed by atoms with Crippen LogP contribution in [0.4, 0.5) is 0 Å². The zero-order chi connectivity index (χ0) is 13.7. The molecule has 1 unspecified atom stereocenters. The number of aromatic nitrogens is 2. The molecule has 0 aromatic carbocycles. The van der Waals surface area contributed by atoms with Crippen molar-refractivity contribution < 1.29 is 4.79 Å². The molecule has 1 amide bonds. The van der Waals surface area contributed by atoms with Gasteiger partial charge in [-0.1, -0.05) is 13.8 Å². The van der Waals surface area contributed by atoms with E-state index in [4.69, 9.17) is 5.73 Å². The van der Waals surface area contributed by atoms with Gasteiger partial charge in [-0.05, 0) is 26.2 Å². The molecule has 0 fully saturated rings. The van der Waals surface area contributed by atoms with Crippen LogP contribution in [0.5, 0.6) is 0 Å². The highest BCUT2D eigenvalue weighted by Gasteiger charge is 2.15. The standard InChI is InChI=1S/C13H22N4O/c1-8(2)12-11(7-16-10(4)17-12)13(18)15-6-5-9(3)14/h7-9H,5-6,14H2,1-4H3,(H,15,18). The molecular formula is C13H22N4O. The summed E-state index contributed by atoms with van der Waals surface area (Å²) >= 11 is 0. The highest BCUT2D eigenvalue weighted by Crippen LogP contribution is 2.16. The lowest BCUT2D eigenvalue weighted by atomic mass is 10.0. The number of rotatable bonds is 5. The lowest BCUT2D eigenvalue weighted by Crippen LogP contribution is -2.30. The Hall–Kier alpha value is -1.49. The second-order valence-electron chi connectivity index (χ2n) is 4.89. The minimum Gasteiger partial charge on any atom is -0.352 e. The Morgan fingerprint density at radius 3 is 2.67 bits per heavy atom. The van der Waals surface area contributed by atoms with Crippen LogP contribution in [0.2, 0.25) is 0 Å². The van der Waals surface area contributed by atoms with Crippen LogP contribution in [0.25, 0.3) is 0 Å². The third-order valence-corrected chi connectivity index (χ3v) is 2.62. The second kappa shape index (κ2) is 6.44. The van der Waals surface area contributed by atoms with E-state index in [2.05, 4.69) is 15.3 Å². The van der Waals surface area contributed by atoms with E-state index in [9.17, 15) is 4.79 Å². The number of nitrogens with one attached hydrogen (secondary N) is 1. The summed E-state index contributed by atoms with van der Waals surface area (Å²) in [4.78, 5) is 20.5. The number of amides is 1. The molecule has 5 nitrogen and oxygen atoms in total. The molecule has 1 rings (SSSR count). The predicted octanol–water partition coefficient (Wildman–Crippen LogP) is 1.38. The van der Waals surface area contributed by atoms with E-state index in [0.29, 0.717) is 17.9 Å². The van der Waals surface area contributed by atoms with Gasteiger partial charge in [0.25, 0.3) is 5.91 Å². The molecule has 1 atom stereocenters. The van der Waals surface area contributed by atoms with Crippen molar-refractivity contribution in [1.29, 1.82) is 0 Å².